The molecule has 0 N–H and O–H groups in total. The molecule has 5 nitrogen and oxygen atoms in total. The minimum absolute atomic E-state index is 0.178. The molecule has 6 heteroatoms. The predicted molar refractivity (Wildman–Crippen MR) is 116 cm³/mol. The molecule has 0 amide bonds. The Hall–Kier alpha value is -2.18. The Morgan fingerprint density at radius 3 is 2.14 bits per heavy atom. The number of nitrogens with zero attached hydrogens (tertiary/aromatic N) is 2. The van der Waals surface area contributed by atoms with E-state index in [0.29, 0.717) is 0 Å². The van der Waals surface area contributed by atoms with Crippen LogP contribution in [0.3, 0.4) is 0 Å². The maximum Gasteiger partial charge on any atom is 0.254 e. The molecule has 0 aliphatic carbocycles. The van der Waals surface area contributed by atoms with Gasteiger partial charge < -0.3 is 4.55 Å². The summed E-state index contributed by atoms with van der Waals surface area (Å²) in [6, 6.07) is 14.6. The van der Waals surface area contributed by atoms with Gasteiger partial charge in [0.25, 0.3) is 5.82 Å². The molecule has 3 aromatic rings. The van der Waals surface area contributed by atoms with Gasteiger partial charge in [0, 0.05) is 6.92 Å². The number of para-hydroxylation sites is 2. The maximum atomic E-state index is 10.4. The Kier molecular flexibility index (Phi) is 8.41. The first-order chi connectivity index (χ1) is 13.8. The topological polar surface area (TPSA) is 66.0 Å². The number of benzene rings is 2. The van der Waals surface area contributed by atoms with Crippen LogP contribution >= 0.6 is 0 Å². The molecule has 29 heavy (non-hydrogen) atoms. The van der Waals surface area contributed by atoms with Gasteiger partial charge in [0.2, 0.25) is 0 Å². The fourth-order valence-electron chi connectivity index (χ4n) is 3.32. The van der Waals surface area contributed by atoms with E-state index in [4.69, 9.17) is 0 Å². The number of rotatable bonds is 7. The van der Waals surface area contributed by atoms with Crippen LogP contribution in [0.15, 0.2) is 53.4 Å². The number of fused-ring (bicyclic) bond motifs is 1. The van der Waals surface area contributed by atoms with Gasteiger partial charge in [-0.3, -0.25) is 0 Å². The van der Waals surface area contributed by atoms with E-state index >= 15 is 0 Å². The van der Waals surface area contributed by atoms with Crippen LogP contribution in [0.5, 0.6) is 0 Å². The van der Waals surface area contributed by atoms with Crippen molar-refractivity contribution >= 4 is 21.2 Å². The number of imidazole rings is 1. The second kappa shape index (κ2) is 10.6. The molecule has 0 aliphatic heterocycles. The summed E-state index contributed by atoms with van der Waals surface area (Å²) in [6.07, 6.45) is 5.02. The van der Waals surface area contributed by atoms with Crippen molar-refractivity contribution in [3.8, 4) is 0 Å². The van der Waals surface area contributed by atoms with E-state index in [0.717, 1.165) is 18.7 Å². The Labute approximate surface area is 174 Å². The van der Waals surface area contributed by atoms with E-state index in [9.17, 15) is 13.0 Å². The molecule has 0 saturated heterocycles. The number of aryl methyl sites for hydroxylation is 3. The lowest BCUT2D eigenvalue weighted by Crippen LogP contribution is -2.36. The summed E-state index contributed by atoms with van der Waals surface area (Å²) in [5.41, 5.74) is 3.71. The fraction of sp³-hybridized carbons (Fsp3) is 0.435. The third-order valence-electron chi connectivity index (χ3n) is 5.02. The number of hydrogen-bond acceptors (Lipinski definition) is 3. The highest BCUT2D eigenvalue weighted by Crippen LogP contribution is 2.15. The molecular formula is C23H32N2O3S. The van der Waals surface area contributed by atoms with Crippen LogP contribution < -0.4 is 4.57 Å². The molecule has 0 unspecified atom stereocenters. The molecule has 0 spiro atoms. The third-order valence-corrected chi connectivity index (χ3v) is 5.87. The first-order valence-electron chi connectivity index (χ1n) is 10.3. The van der Waals surface area contributed by atoms with Crippen molar-refractivity contribution in [1.82, 2.24) is 4.57 Å². The second-order valence-electron chi connectivity index (χ2n) is 7.31. The predicted octanol–water partition coefficient (Wildman–Crippen LogP) is 4.74. The lowest BCUT2D eigenvalue weighted by atomic mass is 10.2. The Morgan fingerprint density at radius 2 is 1.55 bits per heavy atom. The summed E-state index contributed by atoms with van der Waals surface area (Å²) >= 11 is 0. The smallest absolute Gasteiger partial charge is 0.254 e. The average molecular weight is 417 g/mol. The van der Waals surface area contributed by atoms with Gasteiger partial charge in [-0.05, 0) is 44.0 Å². The first-order valence-corrected chi connectivity index (χ1v) is 11.7. The quantitative estimate of drug-likeness (QED) is 0.413. The van der Waals surface area contributed by atoms with Crippen molar-refractivity contribution in [2.45, 2.75) is 71.4 Å². The van der Waals surface area contributed by atoms with Crippen molar-refractivity contribution in [2.75, 3.05) is 0 Å². The van der Waals surface area contributed by atoms with Crippen LogP contribution in [-0.2, 0) is 23.2 Å². The molecule has 0 bridgehead atoms. The van der Waals surface area contributed by atoms with Gasteiger partial charge in [-0.15, -0.1) is 0 Å². The van der Waals surface area contributed by atoms with Crippen molar-refractivity contribution in [3.05, 3.63) is 59.9 Å². The number of aromatic nitrogens is 2. The molecule has 158 valence electrons. The van der Waals surface area contributed by atoms with Crippen molar-refractivity contribution in [3.63, 3.8) is 0 Å². The highest BCUT2D eigenvalue weighted by Gasteiger charge is 2.19. The molecule has 0 fully saturated rings. The van der Waals surface area contributed by atoms with Gasteiger partial charge in [-0.1, -0.05) is 56.5 Å². The van der Waals surface area contributed by atoms with Gasteiger partial charge in [-0.25, -0.2) is 17.6 Å². The van der Waals surface area contributed by atoms with Gasteiger partial charge in [0.05, 0.1) is 18.0 Å². The minimum Gasteiger partial charge on any atom is -0.744 e. The Morgan fingerprint density at radius 1 is 0.931 bits per heavy atom. The molecule has 1 aromatic heterocycles. The van der Waals surface area contributed by atoms with Crippen LogP contribution in [0.2, 0.25) is 0 Å². The summed E-state index contributed by atoms with van der Waals surface area (Å²) < 4.78 is 36.1. The van der Waals surface area contributed by atoms with Crippen LogP contribution in [0.4, 0.5) is 0 Å². The fourth-order valence-corrected chi connectivity index (χ4v) is 3.79. The molecule has 0 radical (unpaired) electrons. The standard InChI is InChI=1S/C16H25N2.C7H8O3S/c1-4-6-12-17-14(3)18(13-7-5-2)16-11-9-8-10-15(16)17;1-6-2-4-7(5-3-6)11(8,9)10/h8-11H,4-7,12-13H2,1-3H3;2-5H,1H3,(H,8,9,10)/q+1;/p-1. The highest BCUT2D eigenvalue weighted by atomic mass is 32.2. The molecular weight excluding hydrogens is 384 g/mol. The van der Waals surface area contributed by atoms with E-state index in [1.165, 1.54) is 54.7 Å². The van der Waals surface area contributed by atoms with Crippen molar-refractivity contribution < 1.29 is 17.5 Å². The van der Waals surface area contributed by atoms with Crippen molar-refractivity contribution in [2.24, 2.45) is 0 Å². The second-order valence-corrected chi connectivity index (χ2v) is 8.69. The minimum atomic E-state index is -4.27. The van der Waals surface area contributed by atoms with Crippen LogP contribution in [0.25, 0.3) is 11.0 Å². The van der Waals surface area contributed by atoms with Crippen LogP contribution in [-0.4, -0.2) is 17.5 Å². The van der Waals surface area contributed by atoms with E-state index in [2.05, 4.69) is 54.2 Å². The Bertz CT molecular complexity index is 977. The number of unbranched alkanes of at least 4 members (excludes halogenated alkanes) is 2. The van der Waals surface area contributed by atoms with Crippen LogP contribution in [0, 0.1) is 13.8 Å². The number of hydrogen-bond donors (Lipinski definition) is 0. The zero-order valence-electron chi connectivity index (χ0n) is 17.9. The molecule has 0 aliphatic rings. The summed E-state index contributed by atoms with van der Waals surface area (Å²) in [4.78, 5) is -0.178. The van der Waals surface area contributed by atoms with E-state index in [-0.39, 0.29) is 4.90 Å². The van der Waals surface area contributed by atoms with Gasteiger partial charge in [-0.2, -0.15) is 0 Å². The van der Waals surface area contributed by atoms with Gasteiger partial charge in [0.15, 0.2) is 11.0 Å². The maximum absolute atomic E-state index is 10.4. The largest absolute Gasteiger partial charge is 0.744 e. The summed E-state index contributed by atoms with van der Waals surface area (Å²) in [5, 5.41) is 0. The van der Waals surface area contributed by atoms with Crippen LogP contribution in [0.1, 0.15) is 50.9 Å². The molecule has 0 atom stereocenters. The SMILES string of the molecule is CCCCn1c(C)[n+](CCCC)c2ccccc21.Cc1ccc(S(=O)(=O)[O-])cc1. The monoisotopic (exact) mass is 416 g/mol. The third kappa shape index (κ3) is 6.15. The normalized spacial score (nSPS) is 11.3. The Balaban J connectivity index is 0.000000234. The lowest BCUT2D eigenvalue weighted by molar-refractivity contribution is -0.678. The summed E-state index contributed by atoms with van der Waals surface area (Å²) in [5.74, 6) is 1.40. The van der Waals surface area contributed by atoms with E-state index in [1.807, 2.05) is 6.92 Å². The van der Waals surface area contributed by atoms with E-state index in [1.54, 1.807) is 12.1 Å². The van der Waals surface area contributed by atoms with Crippen molar-refractivity contribution in [1.29, 1.82) is 0 Å². The molecule has 1 heterocycles. The molecule has 3 rings (SSSR count). The summed E-state index contributed by atoms with van der Waals surface area (Å²) in [6.45, 7) is 10.9. The summed E-state index contributed by atoms with van der Waals surface area (Å²) in [7, 11) is -4.27. The van der Waals surface area contributed by atoms with E-state index < -0.39 is 10.1 Å². The zero-order chi connectivity index (χ0) is 21.4. The lowest BCUT2D eigenvalue weighted by Gasteiger charge is -2.05. The highest BCUT2D eigenvalue weighted by molar-refractivity contribution is 7.85. The van der Waals surface area contributed by atoms with Gasteiger partial charge in [0.1, 0.15) is 10.1 Å². The molecule has 2 aromatic carbocycles. The zero-order valence-corrected chi connectivity index (χ0v) is 18.7. The average Bonchev–Trinajstić information content (AvgIpc) is 2.96. The van der Waals surface area contributed by atoms with Gasteiger partial charge >= 0.3 is 0 Å². The first kappa shape index (κ1) is 23.1. The molecule has 0 saturated carbocycles.